The van der Waals surface area contributed by atoms with Crippen LogP contribution in [0.5, 0.6) is 0 Å². The number of Topliss-reactive ketones (excluding diaryl/α,β-unsaturated/α-hetero) is 1. The van der Waals surface area contributed by atoms with Gasteiger partial charge in [0, 0.05) is 18.5 Å². The van der Waals surface area contributed by atoms with Crippen molar-refractivity contribution in [3.63, 3.8) is 0 Å². The molecule has 2 aromatic carbocycles. The van der Waals surface area contributed by atoms with Crippen LogP contribution in [-0.2, 0) is 28.1 Å². The van der Waals surface area contributed by atoms with E-state index in [1.54, 1.807) is 13.8 Å². The number of nitrogens with zero attached hydrogens (tertiary/aromatic N) is 5. The number of nitrogens with one attached hydrogen (secondary N) is 1. The lowest BCUT2D eigenvalue weighted by molar-refractivity contribution is -0.129. The highest BCUT2D eigenvalue weighted by atomic mass is 16.5. The maximum Gasteiger partial charge on any atom is 0.359 e. The van der Waals surface area contributed by atoms with E-state index in [1.165, 1.54) is 6.92 Å². The molecule has 11 heteroatoms. The van der Waals surface area contributed by atoms with Crippen molar-refractivity contribution < 1.29 is 24.5 Å². The van der Waals surface area contributed by atoms with Gasteiger partial charge in [-0.2, -0.15) is 5.21 Å². The second-order valence-corrected chi connectivity index (χ2v) is 9.82. The van der Waals surface area contributed by atoms with Crippen molar-refractivity contribution in [2.24, 2.45) is 0 Å². The average Bonchev–Trinajstić information content (AvgIpc) is 3.56. The van der Waals surface area contributed by atoms with Gasteiger partial charge in [-0.05, 0) is 49.1 Å². The van der Waals surface area contributed by atoms with Crippen molar-refractivity contribution in [1.82, 2.24) is 30.2 Å². The maximum absolute atomic E-state index is 12.9. The lowest BCUT2D eigenvalue weighted by Crippen LogP contribution is -2.27. The number of imidazole rings is 1. The molecule has 0 saturated heterocycles. The number of tetrazole rings is 1. The van der Waals surface area contributed by atoms with Crippen LogP contribution in [0.25, 0.3) is 22.5 Å². The monoisotopic (exact) mass is 532 g/mol. The summed E-state index contributed by atoms with van der Waals surface area (Å²) in [4.78, 5) is 29.2. The Kier molecular flexibility index (Phi) is 8.32. The molecule has 0 aliphatic carbocycles. The largest absolute Gasteiger partial charge is 0.453 e. The van der Waals surface area contributed by atoms with Crippen LogP contribution in [0.3, 0.4) is 0 Å². The van der Waals surface area contributed by atoms with Crippen LogP contribution in [0.2, 0.25) is 0 Å². The van der Waals surface area contributed by atoms with Crippen molar-refractivity contribution in [1.29, 1.82) is 0 Å². The summed E-state index contributed by atoms with van der Waals surface area (Å²) < 4.78 is 6.97. The average molecular weight is 533 g/mol. The standard InChI is InChI=1S/C28H32N6O5/c1-5-8-23-29-24(27(37)39-16-22(36)17(2)35)25(28(3,4)38)34(23)15-18-11-13-19(14-12-18)20-9-6-7-10-21(20)26-30-32-33-31-26/h6-7,9-14,17,35,38H,5,8,15-16H2,1-4H3,(H,30,31,32,33). The third-order valence-corrected chi connectivity index (χ3v) is 6.22. The first-order valence-electron chi connectivity index (χ1n) is 12.7. The van der Waals surface area contributed by atoms with Crippen LogP contribution in [-0.4, -0.2) is 64.9 Å². The Morgan fingerprint density at radius 2 is 1.79 bits per heavy atom. The summed E-state index contributed by atoms with van der Waals surface area (Å²) >= 11 is 0. The van der Waals surface area contributed by atoms with Gasteiger partial charge >= 0.3 is 5.97 Å². The lowest BCUT2D eigenvalue weighted by Gasteiger charge is -2.22. The second kappa shape index (κ2) is 11.7. The van der Waals surface area contributed by atoms with Gasteiger partial charge in [-0.3, -0.25) is 4.79 Å². The molecule has 0 bridgehead atoms. The number of aryl methyl sites for hydroxylation is 1. The van der Waals surface area contributed by atoms with Gasteiger partial charge in [-0.1, -0.05) is 55.5 Å². The Morgan fingerprint density at radius 3 is 2.38 bits per heavy atom. The molecular formula is C28H32N6O5. The molecule has 2 aromatic heterocycles. The minimum atomic E-state index is -1.43. The first-order valence-corrected chi connectivity index (χ1v) is 12.7. The predicted molar refractivity (Wildman–Crippen MR) is 143 cm³/mol. The van der Waals surface area contributed by atoms with Crippen LogP contribution in [0.1, 0.15) is 61.7 Å². The molecule has 4 rings (SSSR count). The summed E-state index contributed by atoms with van der Waals surface area (Å²) in [5.41, 5.74) is 2.52. The molecule has 0 amide bonds. The first kappa shape index (κ1) is 27.8. The Morgan fingerprint density at radius 1 is 1.10 bits per heavy atom. The lowest BCUT2D eigenvalue weighted by atomic mass is 9.98. The van der Waals surface area contributed by atoms with E-state index in [4.69, 9.17) is 4.74 Å². The molecule has 39 heavy (non-hydrogen) atoms. The third-order valence-electron chi connectivity index (χ3n) is 6.22. The Labute approximate surface area is 225 Å². The molecule has 0 spiro atoms. The molecule has 0 aliphatic heterocycles. The number of ether oxygens (including phenoxy) is 1. The second-order valence-electron chi connectivity index (χ2n) is 9.82. The number of carbonyl (C=O) groups excluding carboxylic acids is 2. The number of hydrogen-bond donors (Lipinski definition) is 3. The molecule has 0 radical (unpaired) electrons. The summed E-state index contributed by atoms with van der Waals surface area (Å²) in [6.45, 7) is 6.23. The molecule has 1 unspecified atom stereocenters. The van der Waals surface area contributed by atoms with E-state index in [-0.39, 0.29) is 5.69 Å². The number of esters is 1. The van der Waals surface area contributed by atoms with Crippen molar-refractivity contribution in [3.05, 3.63) is 71.3 Å². The van der Waals surface area contributed by atoms with E-state index >= 15 is 0 Å². The van der Waals surface area contributed by atoms with Crippen molar-refractivity contribution in [3.8, 4) is 22.5 Å². The van der Waals surface area contributed by atoms with E-state index in [0.29, 0.717) is 30.3 Å². The molecule has 0 aliphatic rings. The van der Waals surface area contributed by atoms with Crippen molar-refractivity contribution in [2.75, 3.05) is 6.61 Å². The molecule has 3 N–H and O–H groups in total. The zero-order valence-electron chi connectivity index (χ0n) is 22.4. The number of benzene rings is 2. The van der Waals surface area contributed by atoms with Crippen LogP contribution >= 0.6 is 0 Å². The van der Waals surface area contributed by atoms with Gasteiger partial charge < -0.3 is 19.5 Å². The summed E-state index contributed by atoms with van der Waals surface area (Å²) in [7, 11) is 0. The zero-order valence-corrected chi connectivity index (χ0v) is 22.4. The number of rotatable bonds is 11. The van der Waals surface area contributed by atoms with E-state index < -0.39 is 30.1 Å². The fourth-order valence-electron chi connectivity index (χ4n) is 4.35. The molecule has 11 nitrogen and oxygen atoms in total. The fraction of sp³-hybridized carbons (Fsp3) is 0.357. The maximum atomic E-state index is 12.9. The van der Waals surface area contributed by atoms with Gasteiger partial charge in [0.25, 0.3) is 0 Å². The van der Waals surface area contributed by atoms with Gasteiger partial charge in [0.2, 0.25) is 5.82 Å². The Bertz CT molecular complexity index is 1440. The van der Waals surface area contributed by atoms with E-state index in [9.17, 15) is 19.8 Å². The summed E-state index contributed by atoms with van der Waals surface area (Å²) in [6.07, 6.45) is 0.0873. The van der Waals surface area contributed by atoms with E-state index in [1.807, 2.05) is 60.0 Å². The molecule has 4 aromatic rings. The molecular weight excluding hydrogens is 500 g/mol. The minimum Gasteiger partial charge on any atom is -0.453 e. The van der Waals surface area contributed by atoms with Crippen LogP contribution in [0, 0.1) is 0 Å². The smallest absolute Gasteiger partial charge is 0.359 e. The summed E-state index contributed by atoms with van der Waals surface area (Å²) in [5.74, 6) is -0.329. The van der Waals surface area contributed by atoms with E-state index in [0.717, 1.165) is 28.7 Å². The number of hydrogen-bond acceptors (Lipinski definition) is 9. The SMILES string of the molecule is CCCc1nc(C(=O)OCC(=O)C(C)O)c(C(C)(C)O)n1Cc1ccc(-c2ccccc2-c2nn[nH]n2)cc1. The number of aliphatic hydroxyl groups excluding tert-OH is 1. The van der Waals surface area contributed by atoms with Crippen molar-refractivity contribution >= 4 is 11.8 Å². The number of H-pyrrole nitrogens is 1. The zero-order chi connectivity index (χ0) is 28.2. The van der Waals surface area contributed by atoms with E-state index in [2.05, 4.69) is 25.6 Å². The van der Waals surface area contributed by atoms with Gasteiger partial charge in [-0.15, -0.1) is 10.2 Å². The molecule has 0 saturated carbocycles. The molecule has 2 heterocycles. The summed E-state index contributed by atoms with van der Waals surface area (Å²) in [6, 6.07) is 15.7. The topological polar surface area (TPSA) is 156 Å². The predicted octanol–water partition coefficient (Wildman–Crippen LogP) is 3.07. The highest BCUT2D eigenvalue weighted by Gasteiger charge is 2.33. The highest BCUT2D eigenvalue weighted by Crippen LogP contribution is 2.31. The number of aromatic nitrogens is 6. The number of carbonyl (C=O) groups is 2. The fourth-order valence-corrected chi connectivity index (χ4v) is 4.35. The molecule has 204 valence electrons. The van der Waals surface area contributed by atoms with Crippen LogP contribution < -0.4 is 0 Å². The Balaban J connectivity index is 1.67. The van der Waals surface area contributed by atoms with Gasteiger partial charge in [-0.25, -0.2) is 9.78 Å². The van der Waals surface area contributed by atoms with Gasteiger partial charge in [0.1, 0.15) is 17.5 Å². The third kappa shape index (κ3) is 6.27. The number of aliphatic hydroxyl groups is 2. The van der Waals surface area contributed by atoms with Gasteiger partial charge in [0.15, 0.2) is 18.1 Å². The molecule has 0 fully saturated rings. The molecule has 1 atom stereocenters. The van der Waals surface area contributed by atoms with Crippen LogP contribution in [0.4, 0.5) is 0 Å². The number of ketones is 1. The number of aromatic amines is 1. The minimum absolute atomic E-state index is 0.0463. The quantitative estimate of drug-likeness (QED) is 0.247. The highest BCUT2D eigenvalue weighted by molar-refractivity contribution is 5.92. The normalized spacial score (nSPS) is 12.4. The first-order chi connectivity index (χ1) is 18.6. The Hall–Kier alpha value is -4.22. The van der Waals surface area contributed by atoms with Crippen LogP contribution in [0.15, 0.2) is 48.5 Å². The summed E-state index contributed by atoms with van der Waals surface area (Å²) in [5, 5.41) is 34.8. The van der Waals surface area contributed by atoms with Crippen molar-refractivity contribution in [2.45, 2.75) is 58.8 Å². The van der Waals surface area contributed by atoms with Gasteiger partial charge in [0.05, 0.1) is 5.69 Å².